The first-order valence-electron chi connectivity index (χ1n) is 4.41. The van der Waals surface area contributed by atoms with Crippen LogP contribution in [0.1, 0.15) is 32.6 Å². The number of aliphatic hydroxyl groups is 2. The fraction of sp³-hybridized carbons (Fsp3) is 0.800. The lowest BCUT2D eigenvalue weighted by atomic mass is 9.69. The molecule has 2 atom stereocenters. The second kappa shape index (κ2) is 3.47. The lowest BCUT2D eigenvalue weighted by Crippen LogP contribution is -2.45. The summed E-state index contributed by atoms with van der Waals surface area (Å²) in [6.45, 7) is 1.86. The SMILES string of the molecule is C#CCC1(C)[C@@H](O)CCC[C@@H]1O. The molecular weight excluding hydrogens is 152 g/mol. The summed E-state index contributed by atoms with van der Waals surface area (Å²) in [5, 5.41) is 19.3. The van der Waals surface area contributed by atoms with Crippen LogP contribution in [-0.4, -0.2) is 22.4 Å². The first kappa shape index (κ1) is 9.57. The standard InChI is InChI=1S/C10H16O2/c1-3-7-10(2)8(11)5-4-6-9(10)12/h1,8-9,11-12H,4-7H2,2H3/t8-,9-/m0/s1. The summed E-state index contributed by atoms with van der Waals surface area (Å²) in [6, 6.07) is 0. The maximum absolute atomic E-state index is 9.67. The number of hydrogen-bond donors (Lipinski definition) is 2. The molecule has 0 aromatic rings. The highest BCUT2D eigenvalue weighted by atomic mass is 16.3. The minimum absolute atomic E-state index is 0.447. The number of terminal acetylenes is 1. The van der Waals surface area contributed by atoms with Crippen LogP contribution in [0.2, 0.25) is 0 Å². The van der Waals surface area contributed by atoms with Crippen molar-refractivity contribution in [3.63, 3.8) is 0 Å². The fourth-order valence-electron chi connectivity index (χ4n) is 1.84. The molecule has 1 aliphatic rings. The minimum atomic E-state index is -0.479. The van der Waals surface area contributed by atoms with Crippen molar-refractivity contribution in [3.05, 3.63) is 0 Å². The first-order valence-corrected chi connectivity index (χ1v) is 4.41. The maximum atomic E-state index is 9.67. The van der Waals surface area contributed by atoms with E-state index in [-0.39, 0.29) is 0 Å². The number of rotatable bonds is 1. The largest absolute Gasteiger partial charge is 0.392 e. The molecule has 0 bridgehead atoms. The molecule has 0 heterocycles. The van der Waals surface area contributed by atoms with E-state index < -0.39 is 17.6 Å². The van der Waals surface area contributed by atoms with Crippen LogP contribution < -0.4 is 0 Å². The van der Waals surface area contributed by atoms with Crippen LogP contribution in [-0.2, 0) is 0 Å². The van der Waals surface area contributed by atoms with Crippen LogP contribution in [0, 0.1) is 17.8 Å². The Morgan fingerprint density at radius 3 is 2.33 bits per heavy atom. The van der Waals surface area contributed by atoms with Crippen LogP contribution in [0.4, 0.5) is 0 Å². The van der Waals surface area contributed by atoms with E-state index in [2.05, 4.69) is 5.92 Å². The predicted molar refractivity (Wildman–Crippen MR) is 47.4 cm³/mol. The first-order chi connectivity index (χ1) is 5.61. The predicted octanol–water partition coefficient (Wildman–Crippen LogP) is 0.922. The van der Waals surface area contributed by atoms with Crippen LogP contribution in [0.25, 0.3) is 0 Å². The second-order valence-corrected chi connectivity index (χ2v) is 3.85. The average molecular weight is 168 g/mol. The van der Waals surface area contributed by atoms with Crippen molar-refractivity contribution in [2.24, 2.45) is 5.41 Å². The normalized spacial score (nSPS) is 34.2. The van der Waals surface area contributed by atoms with E-state index in [0.29, 0.717) is 6.42 Å². The average Bonchev–Trinajstić information content (AvgIpc) is 2.02. The highest BCUT2D eigenvalue weighted by Crippen LogP contribution is 2.38. The minimum Gasteiger partial charge on any atom is -0.392 e. The summed E-state index contributed by atoms with van der Waals surface area (Å²) < 4.78 is 0. The summed E-state index contributed by atoms with van der Waals surface area (Å²) in [6.07, 6.45) is 7.17. The van der Waals surface area contributed by atoms with Crippen LogP contribution in [0.5, 0.6) is 0 Å². The Morgan fingerprint density at radius 1 is 1.42 bits per heavy atom. The molecule has 2 N–H and O–H groups in total. The Morgan fingerprint density at radius 2 is 1.92 bits per heavy atom. The Hall–Kier alpha value is -0.520. The zero-order chi connectivity index (χ0) is 9.19. The second-order valence-electron chi connectivity index (χ2n) is 3.85. The van der Waals surface area contributed by atoms with Gasteiger partial charge in [-0.1, -0.05) is 6.92 Å². The molecule has 0 aromatic heterocycles. The van der Waals surface area contributed by atoms with Crippen molar-refractivity contribution < 1.29 is 10.2 Å². The third kappa shape index (κ3) is 1.48. The van der Waals surface area contributed by atoms with Crippen molar-refractivity contribution in [1.82, 2.24) is 0 Å². The van der Waals surface area contributed by atoms with Gasteiger partial charge in [-0.05, 0) is 19.3 Å². The van der Waals surface area contributed by atoms with Crippen molar-refractivity contribution in [3.8, 4) is 12.3 Å². The zero-order valence-corrected chi connectivity index (χ0v) is 7.45. The molecule has 0 saturated heterocycles. The molecule has 1 aliphatic carbocycles. The summed E-state index contributed by atoms with van der Waals surface area (Å²) >= 11 is 0. The van der Waals surface area contributed by atoms with Gasteiger partial charge in [0.15, 0.2) is 0 Å². The lowest BCUT2D eigenvalue weighted by molar-refractivity contribution is -0.0865. The van der Waals surface area contributed by atoms with Crippen LogP contribution in [0.15, 0.2) is 0 Å². The quantitative estimate of drug-likeness (QED) is 0.572. The van der Waals surface area contributed by atoms with Crippen molar-refractivity contribution in [2.45, 2.75) is 44.8 Å². The topological polar surface area (TPSA) is 40.5 Å². The Kier molecular flexibility index (Phi) is 2.76. The molecule has 0 radical (unpaired) electrons. The van der Waals surface area contributed by atoms with E-state index in [1.165, 1.54) is 0 Å². The van der Waals surface area contributed by atoms with Gasteiger partial charge in [-0.25, -0.2) is 0 Å². The van der Waals surface area contributed by atoms with E-state index in [9.17, 15) is 10.2 Å². The molecule has 0 aliphatic heterocycles. The number of hydrogen-bond acceptors (Lipinski definition) is 2. The molecule has 68 valence electrons. The third-order valence-corrected chi connectivity index (χ3v) is 2.96. The molecule has 1 fully saturated rings. The molecular formula is C10H16O2. The van der Waals surface area contributed by atoms with E-state index in [0.717, 1.165) is 19.3 Å². The van der Waals surface area contributed by atoms with Gasteiger partial charge in [0.05, 0.1) is 12.2 Å². The monoisotopic (exact) mass is 168 g/mol. The maximum Gasteiger partial charge on any atom is 0.0627 e. The zero-order valence-electron chi connectivity index (χ0n) is 7.45. The molecule has 0 unspecified atom stereocenters. The summed E-state index contributed by atoms with van der Waals surface area (Å²) in [5.74, 6) is 2.52. The molecule has 0 amide bonds. The van der Waals surface area contributed by atoms with Gasteiger partial charge in [-0.15, -0.1) is 12.3 Å². The fourth-order valence-corrected chi connectivity index (χ4v) is 1.84. The van der Waals surface area contributed by atoms with E-state index in [1.807, 2.05) is 6.92 Å². The van der Waals surface area contributed by atoms with Gasteiger partial charge in [0, 0.05) is 11.8 Å². The van der Waals surface area contributed by atoms with Crippen LogP contribution >= 0.6 is 0 Å². The van der Waals surface area contributed by atoms with Crippen LogP contribution in [0.3, 0.4) is 0 Å². The molecule has 1 saturated carbocycles. The Balaban J connectivity index is 2.74. The van der Waals surface area contributed by atoms with Crippen molar-refractivity contribution >= 4 is 0 Å². The van der Waals surface area contributed by atoms with Gasteiger partial charge < -0.3 is 10.2 Å². The van der Waals surface area contributed by atoms with Gasteiger partial charge in [-0.3, -0.25) is 0 Å². The molecule has 0 spiro atoms. The summed E-state index contributed by atoms with van der Waals surface area (Å²) in [4.78, 5) is 0. The van der Waals surface area contributed by atoms with Crippen molar-refractivity contribution in [2.75, 3.05) is 0 Å². The van der Waals surface area contributed by atoms with E-state index >= 15 is 0 Å². The molecule has 0 aromatic carbocycles. The number of aliphatic hydroxyl groups excluding tert-OH is 2. The van der Waals surface area contributed by atoms with Gasteiger partial charge in [0.2, 0.25) is 0 Å². The smallest absolute Gasteiger partial charge is 0.0627 e. The van der Waals surface area contributed by atoms with E-state index in [4.69, 9.17) is 6.42 Å². The molecule has 2 nitrogen and oxygen atoms in total. The van der Waals surface area contributed by atoms with Gasteiger partial charge in [0.1, 0.15) is 0 Å². The molecule has 12 heavy (non-hydrogen) atoms. The molecule has 1 rings (SSSR count). The highest BCUT2D eigenvalue weighted by Gasteiger charge is 2.41. The molecule has 2 heteroatoms. The van der Waals surface area contributed by atoms with Gasteiger partial charge in [-0.2, -0.15) is 0 Å². The highest BCUT2D eigenvalue weighted by molar-refractivity contribution is 5.01. The van der Waals surface area contributed by atoms with E-state index in [1.54, 1.807) is 0 Å². The summed E-state index contributed by atoms with van der Waals surface area (Å²) in [7, 11) is 0. The van der Waals surface area contributed by atoms with Crippen molar-refractivity contribution in [1.29, 1.82) is 0 Å². The Labute approximate surface area is 73.6 Å². The van der Waals surface area contributed by atoms with Gasteiger partial charge in [0.25, 0.3) is 0 Å². The lowest BCUT2D eigenvalue weighted by Gasteiger charge is -2.41. The Bertz CT molecular complexity index is 183. The van der Waals surface area contributed by atoms with Gasteiger partial charge >= 0.3 is 0 Å². The third-order valence-electron chi connectivity index (χ3n) is 2.96. The summed E-state index contributed by atoms with van der Waals surface area (Å²) in [5.41, 5.74) is -0.479.